The first-order chi connectivity index (χ1) is 9.08. The first-order valence-corrected chi connectivity index (χ1v) is 6.20. The Bertz CT molecular complexity index is 731. The minimum Gasteiger partial charge on any atom is -0.369 e. The third kappa shape index (κ3) is 1.78. The van der Waals surface area contributed by atoms with Crippen LogP contribution < -0.4 is 5.73 Å². The molecule has 19 heavy (non-hydrogen) atoms. The number of aromatic nitrogens is 6. The smallest absolute Gasteiger partial charge is 0.202 e. The van der Waals surface area contributed by atoms with Crippen molar-refractivity contribution in [3.63, 3.8) is 0 Å². The lowest BCUT2D eigenvalue weighted by Crippen LogP contribution is -2.10. The molecule has 0 fully saturated rings. The van der Waals surface area contributed by atoms with Crippen LogP contribution >= 0.6 is 0 Å². The molecule has 3 aromatic rings. The zero-order valence-electron chi connectivity index (χ0n) is 11.3. The molecule has 0 amide bonds. The van der Waals surface area contributed by atoms with Crippen molar-refractivity contribution in [2.24, 2.45) is 14.1 Å². The quantitative estimate of drug-likeness (QED) is 0.748. The van der Waals surface area contributed by atoms with Gasteiger partial charge < -0.3 is 5.73 Å². The average molecular weight is 259 g/mol. The van der Waals surface area contributed by atoms with E-state index in [0.29, 0.717) is 5.95 Å². The molecule has 0 aliphatic heterocycles. The lowest BCUT2D eigenvalue weighted by Gasteiger charge is -2.07. The summed E-state index contributed by atoms with van der Waals surface area (Å²) in [4.78, 5) is 4.39. The van der Waals surface area contributed by atoms with Gasteiger partial charge in [-0.15, -0.1) is 0 Å². The van der Waals surface area contributed by atoms with Crippen LogP contribution in [0.5, 0.6) is 0 Å². The van der Waals surface area contributed by atoms with Gasteiger partial charge >= 0.3 is 0 Å². The molecule has 3 heterocycles. The van der Waals surface area contributed by atoms with E-state index in [1.807, 2.05) is 41.0 Å². The van der Waals surface area contributed by atoms with Crippen LogP contribution in [0.4, 0.5) is 5.95 Å². The fourth-order valence-electron chi connectivity index (χ4n) is 2.44. The topological polar surface area (TPSA) is 79.5 Å². The molecule has 7 heteroatoms. The number of anilines is 1. The van der Waals surface area contributed by atoms with Crippen LogP contribution in [0, 0.1) is 6.92 Å². The summed E-state index contributed by atoms with van der Waals surface area (Å²) >= 11 is 0. The number of imidazole rings is 1. The Balaban J connectivity index is 1.96. The molecule has 0 aliphatic carbocycles. The van der Waals surface area contributed by atoms with Gasteiger partial charge in [-0.1, -0.05) is 0 Å². The zero-order valence-corrected chi connectivity index (χ0v) is 11.3. The molecule has 0 aromatic carbocycles. The molecule has 3 rings (SSSR count). The van der Waals surface area contributed by atoms with Crippen LogP contribution in [0.2, 0.25) is 0 Å². The highest BCUT2D eigenvalue weighted by molar-refractivity contribution is 5.77. The summed E-state index contributed by atoms with van der Waals surface area (Å²) in [5.74, 6) is 0.535. The second-order valence-corrected chi connectivity index (χ2v) is 4.70. The van der Waals surface area contributed by atoms with Gasteiger partial charge in [-0.25, -0.2) is 4.98 Å². The number of nitrogens with two attached hydrogens (primary N) is 1. The normalized spacial score (nSPS) is 11.5. The fraction of sp³-hybridized carbons (Fsp3) is 0.417. The van der Waals surface area contributed by atoms with Crippen LogP contribution in [0.1, 0.15) is 11.4 Å². The average Bonchev–Trinajstić information content (AvgIpc) is 2.97. The molecule has 7 nitrogen and oxygen atoms in total. The van der Waals surface area contributed by atoms with E-state index in [4.69, 9.17) is 5.73 Å². The molecular formula is C12H17N7. The number of nitrogen functional groups attached to an aromatic ring is 1. The van der Waals surface area contributed by atoms with E-state index in [0.717, 1.165) is 29.8 Å². The highest BCUT2D eigenvalue weighted by atomic mass is 15.3. The van der Waals surface area contributed by atoms with E-state index >= 15 is 0 Å². The highest BCUT2D eigenvalue weighted by Crippen LogP contribution is 2.20. The highest BCUT2D eigenvalue weighted by Gasteiger charge is 2.15. The van der Waals surface area contributed by atoms with Crippen molar-refractivity contribution in [3.8, 4) is 0 Å². The second-order valence-electron chi connectivity index (χ2n) is 4.70. The van der Waals surface area contributed by atoms with Crippen LogP contribution in [0.15, 0.2) is 12.3 Å². The number of aryl methyl sites for hydroxylation is 5. The number of fused-ring (bicyclic) bond motifs is 1. The van der Waals surface area contributed by atoms with Gasteiger partial charge in [0.05, 0.1) is 5.69 Å². The lowest BCUT2D eigenvalue weighted by atomic mass is 10.3. The molecule has 0 saturated heterocycles. The van der Waals surface area contributed by atoms with Crippen molar-refractivity contribution in [3.05, 3.63) is 23.7 Å². The van der Waals surface area contributed by atoms with E-state index in [-0.39, 0.29) is 0 Å². The summed E-state index contributed by atoms with van der Waals surface area (Å²) in [6.45, 7) is 2.71. The minimum atomic E-state index is 0.535. The van der Waals surface area contributed by atoms with E-state index < -0.39 is 0 Å². The Hall–Kier alpha value is -2.31. The van der Waals surface area contributed by atoms with Crippen LogP contribution in [-0.2, 0) is 27.1 Å². The van der Waals surface area contributed by atoms with E-state index in [9.17, 15) is 0 Å². The Morgan fingerprint density at radius 3 is 2.74 bits per heavy atom. The first kappa shape index (κ1) is 11.8. The third-order valence-electron chi connectivity index (χ3n) is 3.43. The Morgan fingerprint density at radius 1 is 1.26 bits per heavy atom. The van der Waals surface area contributed by atoms with Crippen molar-refractivity contribution in [2.75, 3.05) is 5.73 Å². The maximum Gasteiger partial charge on any atom is 0.202 e. The van der Waals surface area contributed by atoms with Crippen LogP contribution in [-0.4, -0.2) is 29.1 Å². The molecule has 2 N–H and O–H groups in total. The van der Waals surface area contributed by atoms with Crippen LogP contribution in [0.25, 0.3) is 11.2 Å². The molecule has 0 atom stereocenters. The maximum absolute atomic E-state index is 6.00. The monoisotopic (exact) mass is 259 g/mol. The fourth-order valence-corrected chi connectivity index (χ4v) is 2.44. The van der Waals surface area contributed by atoms with Crippen molar-refractivity contribution in [1.82, 2.24) is 29.1 Å². The molecule has 0 bridgehead atoms. The van der Waals surface area contributed by atoms with E-state index in [2.05, 4.69) is 15.2 Å². The summed E-state index contributed by atoms with van der Waals surface area (Å²) in [7, 11) is 3.85. The molecule has 0 unspecified atom stereocenters. The molecule has 0 saturated carbocycles. The second kappa shape index (κ2) is 4.11. The predicted molar refractivity (Wildman–Crippen MR) is 72.6 cm³/mol. The van der Waals surface area contributed by atoms with Gasteiger partial charge in [0.2, 0.25) is 5.95 Å². The molecule has 3 aromatic heterocycles. The zero-order chi connectivity index (χ0) is 13.6. The summed E-state index contributed by atoms with van der Waals surface area (Å²) in [6.07, 6.45) is 2.66. The molecular weight excluding hydrogens is 242 g/mol. The van der Waals surface area contributed by atoms with Gasteiger partial charge in [-0.2, -0.15) is 10.2 Å². The van der Waals surface area contributed by atoms with Crippen molar-refractivity contribution in [2.45, 2.75) is 19.9 Å². The van der Waals surface area contributed by atoms with Gasteiger partial charge in [0.1, 0.15) is 5.52 Å². The largest absolute Gasteiger partial charge is 0.369 e. The van der Waals surface area contributed by atoms with Crippen molar-refractivity contribution >= 4 is 17.1 Å². The molecule has 0 radical (unpaired) electrons. The third-order valence-corrected chi connectivity index (χ3v) is 3.43. The Kier molecular flexibility index (Phi) is 2.55. The molecule has 100 valence electrons. The number of nitrogens with zero attached hydrogens (tertiary/aromatic N) is 6. The summed E-state index contributed by atoms with van der Waals surface area (Å²) < 4.78 is 5.71. The Labute approximate surface area is 110 Å². The van der Waals surface area contributed by atoms with Gasteiger partial charge in [0.25, 0.3) is 0 Å². The predicted octanol–water partition coefficient (Wildman–Crippen LogP) is 0.637. The number of hydrogen-bond acceptors (Lipinski definition) is 4. The lowest BCUT2D eigenvalue weighted by molar-refractivity contribution is 0.635. The van der Waals surface area contributed by atoms with Gasteiger partial charge in [0.15, 0.2) is 5.65 Å². The SMILES string of the molecule is Cc1nn(C)c2c1nc(N)n2CCc1ccnn1C. The van der Waals surface area contributed by atoms with Crippen LogP contribution in [0.3, 0.4) is 0 Å². The number of hydrogen-bond donors (Lipinski definition) is 1. The van der Waals surface area contributed by atoms with E-state index in [1.165, 1.54) is 5.69 Å². The van der Waals surface area contributed by atoms with Crippen molar-refractivity contribution < 1.29 is 0 Å². The summed E-state index contributed by atoms with van der Waals surface area (Å²) in [6, 6.07) is 2.01. The summed E-state index contributed by atoms with van der Waals surface area (Å²) in [5, 5.41) is 8.54. The first-order valence-electron chi connectivity index (χ1n) is 6.20. The van der Waals surface area contributed by atoms with Crippen molar-refractivity contribution in [1.29, 1.82) is 0 Å². The van der Waals surface area contributed by atoms with Gasteiger partial charge in [-0.05, 0) is 13.0 Å². The standard InChI is InChI=1S/C12H17N7/c1-8-10-11(18(3)16-8)19(12(13)15-10)7-5-9-4-6-14-17(9)2/h4,6H,5,7H2,1-3H3,(H2,13,15). The van der Waals surface area contributed by atoms with Gasteiger partial charge in [-0.3, -0.25) is 13.9 Å². The summed E-state index contributed by atoms with van der Waals surface area (Å²) in [5.41, 5.74) is 9.92. The Morgan fingerprint density at radius 2 is 2.05 bits per heavy atom. The molecule has 0 aliphatic rings. The van der Waals surface area contributed by atoms with Gasteiger partial charge in [0, 0.05) is 39.0 Å². The van der Waals surface area contributed by atoms with E-state index in [1.54, 1.807) is 6.20 Å². The minimum absolute atomic E-state index is 0.535. The molecule has 0 spiro atoms. The number of rotatable bonds is 3. The maximum atomic E-state index is 6.00.